The van der Waals surface area contributed by atoms with Crippen molar-refractivity contribution in [3.8, 4) is 6.07 Å². The molecule has 1 amide bonds. The Balaban J connectivity index is 1.82. The van der Waals surface area contributed by atoms with Crippen molar-refractivity contribution in [2.24, 2.45) is 5.92 Å². The summed E-state index contributed by atoms with van der Waals surface area (Å²) in [6, 6.07) is 13.7. The van der Waals surface area contributed by atoms with E-state index < -0.39 is 17.6 Å². The summed E-state index contributed by atoms with van der Waals surface area (Å²) in [4.78, 5) is 12.5. The number of hydrogen-bond donors (Lipinski definition) is 3. The van der Waals surface area contributed by atoms with Crippen LogP contribution in [-0.4, -0.2) is 12.5 Å². The van der Waals surface area contributed by atoms with Crippen LogP contribution in [0.25, 0.3) is 0 Å². The summed E-state index contributed by atoms with van der Waals surface area (Å²) in [5.74, 6) is -1.04. The molecule has 1 saturated heterocycles. The summed E-state index contributed by atoms with van der Waals surface area (Å²) in [5, 5.41) is 11.7. The first-order valence-electron chi connectivity index (χ1n) is 8.63. The molecule has 0 radical (unpaired) electrons. The van der Waals surface area contributed by atoms with Crippen LogP contribution in [0.3, 0.4) is 0 Å². The van der Waals surface area contributed by atoms with Gasteiger partial charge in [0.05, 0.1) is 22.3 Å². The van der Waals surface area contributed by atoms with Gasteiger partial charge in [0.2, 0.25) is 0 Å². The lowest BCUT2D eigenvalue weighted by Crippen LogP contribution is -2.24. The average Bonchev–Trinajstić information content (AvgIpc) is 3.15. The van der Waals surface area contributed by atoms with Gasteiger partial charge in [-0.15, -0.1) is 0 Å². The predicted octanol–water partition coefficient (Wildman–Crippen LogP) is 4.21. The number of alkyl halides is 3. The molecule has 0 bridgehead atoms. The normalized spacial score (nSPS) is 19.6. The SMILES string of the molecule is N#C/C(=C\C1CNNC1c1ccccc1)C(=O)Nc1cc(C(F)(F)F)ccc1Cl. The highest BCUT2D eigenvalue weighted by atomic mass is 35.5. The van der Waals surface area contributed by atoms with Crippen molar-refractivity contribution in [3.63, 3.8) is 0 Å². The summed E-state index contributed by atoms with van der Waals surface area (Å²) in [7, 11) is 0. The minimum absolute atomic E-state index is 0.0602. The second-order valence-electron chi connectivity index (χ2n) is 6.42. The van der Waals surface area contributed by atoms with E-state index in [-0.39, 0.29) is 28.2 Å². The first kappa shape index (κ1) is 20.9. The monoisotopic (exact) mass is 420 g/mol. The van der Waals surface area contributed by atoms with E-state index in [0.29, 0.717) is 6.54 Å². The third-order valence-corrected chi connectivity index (χ3v) is 4.80. The molecule has 1 aliphatic heterocycles. The molecular formula is C20H16ClF3N4O. The molecule has 2 atom stereocenters. The van der Waals surface area contributed by atoms with Gasteiger partial charge in [0.15, 0.2) is 0 Å². The van der Waals surface area contributed by atoms with E-state index in [1.165, 1.54) is 6.08 Å². The number of anilines is 1. The van der Waals surface area contributed by atoms with Gasteiger partial charge in [0, 0.05) is 12.5 Å². The van der Waals surface area contributed by atoms with Crippen molar-refractivity contribution in [2.75, 3.05) is 11.9 Å². The lowest BCUT2D eigenvalue weighted by Gasteiger charge is -2.16. The Labute approximate surface area is 170 Å². The van der Waals surface area contributed by atoms with Crippen molar-refractivity contribution in [3.05, 3.63) is 76.3 Å². The maximum Gasteiger partial charge on any atom is 0.416 e. The van der Waals surface area contributed by atoms with Crippen LogP contribution in [0.2, 0.25) is 5.02 Å². The molecule has 0 aromatic heterocycles. The molecule has 29 heavy (non-hydrogen) atoms. The molecule has 5 nitrogen and oxygen atoms in total. The number of hydrazine groups is 1. The van der Waals surface area contributed by atoms with E-state index in [4.69, 9.17) is 11.6 Å². The number of benzene rings is 2. The van der Waals surface area contributed by atoms with Gasteiger partial charge in [-0.05, 0) is 23.8 Å². The summed E-state index contributed by atoms with van der Waals surface area (Å²) < 4.78 is 38.7. The fraction of sp³-hybridized carbons (Fsp3) is 0.200. The number of nitriles is 1. The van der Waals surface area contributed by atoms with E-state index in [2.05, 4.69) is 16.2 Å². The largest absolute Gasteiger partial charge is 0.416 e. The Morgan fingerprint density at radius 3 is 2.62 bits per heavy atom. The molecule has 1 fully saturated rings. The number of carbonyl (C=O) groups is 1. The summed E-state index contributed by atoms with van der Waals surface area (Å²) >= 11 is 5.91. The molecule has 0 spiro atoms. The molecule has 1 aliphatic rings. The van der Waals surface area contributed by atoms with Gasteiger partial charge in [0.1, 0.15) is 11.6 Å². The molecule has 2 unspecified atom stereocenters. The third kappa shape index (κ3) is 4.95. The molecule has 9 heteroatoms. The van der Waals surface area contributed by atoms with Crippen LogP contribution >= 0.6 is 11.6 Å². The third-order valence-electron chi connectivity index (χ3n) is 4.47. The maximum absolute atomic E-state index is 12.9. The summed E-state index contributed by atoms with van der Waals surface area (Å²) in [6.45, 7) is 0.475. The van der Waals surface area contributed by atoms with Gasteiger partial charge < -0.3 is 5.32 Å². The highest BCUT2D eigenvalue weighted by Gasteiger charge is 2.31. The van der Waals surface area contributed by atoms with E-state index >= 15 is 0 Å². The quantitative estimate of drug-likeness (QED) is 0.511. The standard InChI is InChI=1S/C20H16ClF3N4O/c21-16-7-6-15(20(22,23)24)9-17(16)27-19(29)13(10-25)8-14-11-26-28-18(14)12-4-2-1-3-5-12/h1-9,14,18,26,28H,11H2,(H,27,29)/b13-8+. The van der Waals surface area contributed by atoms with E-state index in [9.17, 15) is 23.2 Å². The molecule has 3 N–H and O–H groups in total. The molecule has 1 heterocycles. The van der Waals surface area contributed by atoms with Crippen molar-refractivity contribution in [1.82, 2.24) is 10.9 Å². The van der Waals surface area contributed by atoms with Crippen LogP contribution < -0.4 is 16.2 Å². The van der Waals surface area contributed by atoms with Crippen LogP contribution in [0.15, 0.2) is 60.2 Å². The Morgan fingerprint density at radius 2 is 1.97 bits per heavy atom. The Morgan fingerprint density at radius 1 is 1.24 bits per heavy atom. The van der Waals surface area contributed by atoms with Crippen molar-refractivity contribution in [1.29, 1.82) is 5.26 Å². The summed E-state index contributed by atoms with van der Waals surface area (Å²) in [6.07, 6.45) is -3.08. The zero-order valence-corrected chi connectivity index (χ0v) is 15.7. The smallest absolute Gasteiger partial charge is 0.320 e. The van der Waals surface area contributed by atoms with Crippen molar-refractivity contribution < 1.29 is 18.0 Å². The first-order valence-corrected chi connectivity index (χ1v) is 9.00. The molecule has 2 aromatic rings. The second-order valence-corrected chi connectivity index (χ2v) is 6.82. The van der Waals surface area contributed by atoms with Gasteiger partial charge in [0.25, 0.3) is 5.91 Å². The van der Waals surface area contributed by atoms with Crippen LogP contribution in [0.4, 0.5) is 18.9 Å². The lowest BCUT2D eigenvalue weighted by atomic mass is 9.93. The number of hydrogen-bond acceptors (Lipinski definition) is 4. The number of carbonyl (C=O) groups excluding carboxylic acids is 1. The minimum Gasteiger partial charge on any atom is -0.320 e. The van der Waals surface area contributed by atoms with E-state index in [1.54, 1.807) is 0 Å². The molecule has 3 rings (SSSR count). The topological polar surface area (TPSA) is 77.0 Å². The first-order chi connectivity index (χ1) is 13.8. The Bertz CT molecular complexity index is 970. The van der Waals surface area contributed by atoms with Gasteiger partial charge in [-0.1, -0.05) is 48.0 Å². The molecule has 0 saturated carbocycles. The number of nitrogens with one attached hydrogen (secondary N) is 3. The fourth-order valence-electron chi connectivity index (χ4n) is 3.02. The van der Waals surface area contributed by atoms with Crippen molar-refractivity contribution in [2.45, 2.75) is 12.2 Å². The predicted molar refractivity (Wildman–Crippen MR) is 103 cm³/mol. The molecule has 0 aliphatic carbocycles. The zero-order chi connectivity index (χ0) is 21.0. The molecule has 150 valence electrons. The average molecular weight is 421 g/mol. The molecular weight excluding hydrogens is 405 g/mol. The van der Waals surface area contributed by atoms with Gasteiger partial charge >= 0.3 is 6.18 Å². The lowest BCUT2D eigenvalue weighted by molar-refractivity contribution is -0.137. The van der Waals surface area contributed by atoms with E-state index in [1.807, 2.05) is 36.4 Å². The van der Waals surface area contributed by atoms with Crippen LogP contribution in [0.5, 0.6) is 0 Å². The Kier molecular flexibility index (Phi) is 6.23. The second kappa shape index (κ2) is 8.66. The number of rotatable bonds is 4. The van der Waals surface area contributed by atoms with Crippen molar-refractivity contribution >= 4 is 23.2 Å². The van der Waals surface area contributed by atoms with Crippen LogP contribution in [-0.2, 0) is 11.0 Å². The highest BCUT2D eigenvalue weighted by Crippen LogP contribution is 2.34. The number of amides is 1. The highest BCUT2D eigenvalue weighted by molar-refractivity contribution is 6.34. The molecule has 2 aromatic carbocycles. The summed E-state index contributed by atoms with van der Waals surface area (Å²) in [5.41, 5.74) is 5.68. The zero-order valence-electron chi connectivity index (χ0n) is 14.9. The van der Waals surface area contributed by atoms with Gasteiger partial charge in [-0.25, -0.2) is 5.43 Å². The Hall–Kier alpha value is -2.86. The maximum atomic E-state index is 12.9. The van der Waals surface area contributed by atoms with Crippen LogP contribution in [0.1, 0.15) is 17.2 Å². The number of halogens is 4. The van der Waals surface area contributed by atoms with Gasteiger partial charge in [-0.3, -0.25) is 10.2 Å². The van der Waals surface area contributed by atoms with Gasteiger partial charge in [-0.2, -0.15) is 18.4 Å². The fourth-order valence-corrected chi connectivity index (χ4v) is 3.19. The van der Waals surface area contributed by atoms with E-state index in [0.717, 1.165) is 23.8 Å². The minimum atomic E-state index is -4.58. The number of nitrogens with zero attached hydrogens (tertiary/aromatic N) is 1. The van der Waals surface area contributed by atoms with Crippen LogP contribution in [0, 0.1) is 17.2 Å².